The molecule has 4 heteroatoms. The smallest absolute Gasteiger partial charge is 0.315 e. The highest BCUT2D eigenvalue weighted by Gasteiger charge is 2.28. The highest BCUT2D eigenvalue weighted by molar-refractivity contribution is 5.75. The summed E-state index contributed by atoms with van der Waals surface area (Å²) in [6, 6.07) is 6.88. The zero-order valence-electron chi connectivity index (χ0n) is 13.7. The van der Waals surface area contributed by atoms with Crippen LogP contribution in [0.1, 0.15) is 62.3 Å². The van der Waals surface area contributed by atoms with Gasteiger partial charge in [0.1, 0.15) is 0 Å². The predicted molar refractivity (Wildman–Crippen MR) is 87.1 cm³/mol. The molecule has 1 aliphatic carbocycles. The number of ether oxygens (including phenoxy) is 1. The number of amides is 2. The summed E-state index contributed by atoms with van der Waals surface area (Å²) in [6.07, 6.45) is 3.03. The monoisotopic (exact) mass is 302 g/mol. The van der Waals surface area contributed by atoms with Gasteiger partial charge in [-0.3, -0.25) is 0 Å². The summed E-state index contributed by atoms with van der Waals surface area (Å²) < 4.78 is 5.49. The van der Waals surface area contributed by atoms with Crippen molar-refractivity contribution in [3.63, 3.8) is 0 Å². The first-order valence-corrected chi connectivity index (χ1v) is 8.36. The van der Waals surface area contributed by atoms with Crippen molar-refractivity contribution >= 4 is 6.03 Å². The zero-order valence-corrected chi connectivity index (χ0v) is 13.7. The number of urea groups is 1. The van der Waals surface area contributed by atoms with Crippen LogP contribution in [0.4, 0.5) is 4.79 Å². The molecule has 4 nitrogen and oxygen atoms in total. The molecule has 0 saturated carbocycles. The first kappa shape index (κ1) is 15.3. The summed E-state index contributed by atoms with van der Waals surface area (Å²) in [4.78, 5) is 12.3. The lowest BCUT2D eigenvalue weighted by Gasteiger charge is -2.20. The maximum atomic E-state index is 12.3. The SMILES string of the molecule is CC(C)c1ccc2c(c1)C(NC(=O)NC1CCOC1C)CC2. The Balaban J connectivity index is 1.65. The fourth-order valence-corrected chi connectivity index (χ4v) is 3.42. The molecule has 0 aromatic heterocycles. The van der Waals surface area contributed by atoms with Crippen LogP contribution in [0.25, 0.3) is 0 Å². The number of carbonyl (C=O) groups is 1. The molecule has 120 valence electrons. The van der Waals surface area contributed by atoms with E-state index in [9.17, 15) is 4.79 Å². The van der Waals surface area contributed by atoms with Crippen LogP contribution in [-0.2, 0) is 11.2 Å². The van der Waals surface area contributed by atoms with Gasteiger partial charge in [0, 0.05) is 6.61 Å². The number of benzene rings is 1. The van der Waals surface area contributed by atoms with E-state index < -0.39 is 0 Å². The molecule has 1 saturated heterocycles. The molecule has 0 bridgehead atoms. The third kappa shape index (κ3) is 3.12. The standard InChI is InChI=1S/C18H26N2O2/c1-11(2)14-5-4-13-6-7-17(15(13)10-14)20-18(21)19-16-8-9-22-12(16)3/h4-5,10-12,16-17H,6-9H2,1-3H3,(H2,19,20,21). The van der Waals surface area contributed by atoms with Crippen molar-refractivity contribution in [1.82, 2.24) is 10.6 Å². The third-order valence-electron chi connectivity index (χ3n) is 4.91. The molecule has 2 aliphatic rings. The molecule has 0 radical (unpaired) electrons. The molecule has 22 heavy (non-hydrogen) atoms. The fraction of sp³-hybridized carbons (Fsp3) is 0.611. The second-order valence-corrected chi connectivity index (χ2v) is 6.79. The van der Waals surface area contributed by atoms with Crippen LogP contribution in [0, 0.1) is 0 Å². The minimum Gasteiger partial charge on any atom is -0.376 e. The van der Waals surface area contributed by atoms with E-state index in [2.05, 4.69) is 42.7 Å². The average molecular weight is 302 g/mol. The lowest BCUT2D eigenvalue weighted by atomic mass is 9.97. The summed E-state index contributed by atoms with van der Waals surface area (Å²) in [5.41, 5.74) is 4.00. The third-order valence-corrected chi connectivity index (χ3v) is 4.91. The van der Waals surface area contributed by atoms with Gasteiger partial charge in [-0.2, -0.15) is 0 Å². The Labute approximate surface area is 132 Å². The van der Waals surface area contributed by atoms with Gasteiger partial charge in [-0.15, -0.1) is 0 Å². The van der Waals surface area contributed by atoms with E-state index in [1.807, 2.05) is 6.92 Å². The van der Waals surface area contributed by atoms with Gasteiger partial charge < -0.3 is 15.4 Å². The number of rotatable bonds is 3. The van der Waals surface area contributed by atoms with E-state index in [4.69, 9.17) is 4.74 Å². The van der Waals surface area contributed by atoms with Crippen LogP contribution in [0.3, 0.4) is 0 Å². The lowest BCUT2D eigenvalue weighted by Crippen LogP contribution is -2.45. The topological polar surface area (TPSA) is 50.4 Å². The van der Waals surface area contributed by atoms with Gasteiger partial charge in [0.15, 0.2) is 0 Å². The van der Waals surface area contributed by atoms with Crippen molar-refractivity contribution in [2.45, 2.75) is 64.1 Å². The molecule has 3 rings (SSSR count). The van der Waals surface area contributed by atoms with Gasteiger partial charge in [-0.25, -0.2) is 4.79 Å². The minimum atomic E-state index is -0.0739. The van der Waals surface area contributed by atoms with Gasteiger partial charge in [-0.05, 0) is 48.8 Å². The Bertz CT molecular complexity index is 556. The van der Waals surface area contributed by atoms with Crippen molar-refractivity contribution < 1.29 is 9.53 Å². The van der Waals surface area contributed by atoms with E-state index in [1.165, 1.54) is 16.7 Å². The molecule has 2 amide bonds. The Hall–Kier alpha value is -1.55. The quantitative estimate of drug-likeness (QED) is 0.900. The van der Waals surface area contributed by atoms with Crippen LogP contribution < -0.4 is 10.6 Å². The van der Waals surface area contributed by atoms with Crippen molar-refractivity contribution in [3.05, 3.63) is 34.9 Å². The number of aryl methyl sites for hydroxylation is 1. The number of nitrogens with one attached hydrogen (secondary N) is 2. The largest absolute Gasteiger partial charge is 0.376 e. The molecule has 1 aromatic carbocycles. The zero-order chi connectivity index (χ0) is 15.7. The van der Waals surface area contributed by atoms with E-state index in [-0.39, 0.29) is 24.2 Å². The van der Waals surface area contributed by atoms with E-state index >= 15 is 0 Å². The van der Waals surface area contributed by atoms with Gasteiger partial charge in [0.05, 0.1) is 18.2 Å². The number of fused-ring (bicyclic) bond motifs is 1. The normalized spacial score (nSPS) is 27.0. The summed E-state index contributed by atoms with van der Waals surface area (Å²) in [5, 5.41) is 6.19. The van der Waals surface area contributed by atoms with E-state index in [1.54, 1.807) is 0 Å². The van der Waals surface area contributed by atoms with Crippen LogP contribution in [0.5, 0.6) is 0 Å². The van der Waals surface area contributed by atoms with Crippen molar-refractivity contribution in [2.75, 3.05) is 6.61 Å². The molecule has 3 atom stereocenters. The summed E-state index contributed by atoms with van der Waals surface area (Å²) in [7, 11) is 0. The number of hydrogen-bond donors (Lipinski definition) is 2. The van der Waals surface area contributed by atoms with Crippen LogP contribution in [-0.4, -0.2) is 24.8 Å². The Kier molecular flexibility index (Phi) is 4.39. The first-order chi connectivity index (χ1) is 10.5. The molecular formula is C18H26N2O2. The summed E-state index contributed by atoms with van der Waals surface area (Å²) in [6.45, 7) is 7.15. The molecule has 2 N–H and O–H groups in total. The number of carbonyl (C=O) groups excluding carboxylic acids is 1. The van der Waals surface area contributed by atoms with Gasteiger partial charge in [0.25, 0.3) is 0 Å². The van der Waals surface area contributed by atoms with E-state index in [0.29, 0.717) is 5.92 Å². The Morgan fingerprint density at radius 1 is 1.27 bits per heavy atom. The maximum Gasteiger partial charge on any atom is 0.315 e. The molecule has 1 fully saturated rings. The molecular weight excluding hydrogens is 276 g/mol. The van der Waals surface area contributed by atoms with Crippen molar-refractivity contribution in [1.29, 1.82) is 0 Å². The minimum absolute atomic E-state index is 0.0739. The van der Waals surface area contributed by atoms with Gasteiger partial charge in [-0.1, -0.05) is 32.0 Å². The lowest BCUT2D eigenvalue weighted by molar-refractivity contribution is 0.114. The second-order valence-electron chi connectivity index (χ2n) is 6.79. The van der Waals surface area contributed by atoms with E-state index in [0.717, 1.165) is 25.9 Å². The van der Waals surface area contributed by atoms with Gasteiger partial charge in [0.2, 0.25) is 0 Å². The fourth-order valence-electron chi connectivity index (χ4n) is 3.42. The predicted octanol–water partition coefficient (Wildman–Crippen LogP) is 3.27. The highest BCUT2D eigenvalue weighted by atomic mass is 16.5. The molecule has 3 unspecified atom stereocenters. The molecule has 1 heterocycles. The summed E-state index contributed by atoms with van der Waals surface area (Å²) >= 11 is 0. The highest BCUT2D eigenvalue weighted by Crippen LogP contribution is 2.33. The molecule has 1 aliphatic heterocycles. The van der Waals surface area contributed by atoms with Crippen molar-refractivity contribution in [3.8, 4) is 0 Å². The van der Waals surface area contributed by atoms with Gasteiger partial charge >= 0.3 is 6.03 Å². The maximum absolute atomic E-state index is 12.3. The second kappa shape index (κ2) is 6.29. The molecule has 1 aromatic rings. The molecule has 0 spiro atoms. The van der Waals surface area contributed by atoms with Crippen LogP contribution in [0.15, 0.2) is 18.2 Å². The van der Waals surface area contributed by atoms with Crippen LogP contribution in [0.2, 0.25) is 0 Å². The Morgan fingerprint density at radius 3 is 2.77 bits per heavy atom. The first-order valence-electron chi connectivity index (χ1n) is 8.36. The summed E-state index contributed by atoms with van der Waals surface area (Å²) in [5.74, 6) is 0.511. The Morgan fingerprint density at radius 2 is 2.09 bits per heavy atom. The van der Waals surface area contributed by atoms with Crippen LogP contribution >= 0.6 is 0 Å². The average Bonchev–Trinajstić information content (AvgIpc) is 3.06. The number of hydrogen-bond acceptors (Lipinski definition) is 2. The van der Waals surface area contributed by atoms with Crippen molar-refractivity contribution in [2.24, 2.45) is 0 Å².